The number of nitrogens with zero attached hydrogens (tertiary/aromatic N) is 2. The molecule has 0 unspecified atom stereocenters. The number of nitrogen functional groups attached to an aromatic ring is 1. The van der Waals surface area contributed by atoms with Crippen molar-refractivity contribution in [3.8, 4) is 11.3 Å². The Morgan fingerprint density at radius 3 is 2.76 bits per heavy atom. The highest BCUT2D eigenvalue weighted by atomic mass is 19.1. The third kappa shape index (κ3) is 2.57. The van der Waals surface area contributed by atoms with Gasteiger partial charge in [-0.15, -0.1) is 0 Å². The van der Waals surface area contributed by atoms with Crippen LogP contribution in [0.25, 0.3) is 11.3 Å². The summed E-state index contributed by atoms with van der Waals surface area (Å²) >= 11 is 0. The van der Waals surface area contributed by atoms with Crippen LogP contribution in [0.5, 0.6) is 0 Å². The Hall–Kier alpha value is -2.01. The van der Waals surface area contributed by atoms with Crippen molar-refractivity contribution in [1.82, 2.24) is 9.97 Å². The molecule has 0 aliphatic rings. The molecule has 17 heavy (non-hydrogen) atoms. The van der Waals surface area contributed by atoms with Crippen LogP contribution in [-0.2, 0) is 11.3 Å². The SMILES string of the molecule is COCc1nc(N)cc(-c2ccccc2F)n1. The monoisotopic (exact) mass is 233 g/mol. The van der Waals surface area contributed by atoms with E-state index in [0.29, 0.717) is 22.9 Å². The smallest absolute Gasteiger partial charge is 0.157 e. The van der Waals surface area contributed by atoms with E-state index in [9.17, 15) is 4.39 Å². The second-order valence-corrected chi connectivity index (χ2v) is 3.51. The number of anilines is 1. The van der Waals surface area contributed by atoms with Crippen LogP contribution in [0, 0.1) is 5.82 Å². The zero-order valence-electron chi connectivity index (χ0n) is 9.35. The standard InChI is InChI=1S/C12H12FN3O/c1-17-7-12-15-10(6-11(14)16-12)8-4-2-3-5-9(8)13/h2-6H,7H2,1H3,(H2,14,15,16). The van der Waals surface area contributed by atoms with Crippen molar-refractivity contribution in [1.29, 1.82) is 0 Å². The number of nitrogens with two attached hydrogens (primary N) is 1. The molecule has 2 rings (SSSR count). The van der Waals surface area contributed by atoms with E-state index in [2.05, 4.69) is 9.97 Å². The molecule has 4 nitrogen and oxygen atoms in total. The molecule has 0 aliphatic heterocycles. The van der Waals surface area contributed by atoms with Crippen molar-refractivity contribution in [2.45, 2.75) is 6.61 Å². The van der Waals surface area contributed by atoms with E-state index in [1.807, 2.05) is 0 Å². The number of aromatic nitrogens is 2. The molecule has 88 valence electrons. The lowest BCUT2D eigenvalue weighted by Gasteiger charge is -2.06. The fraction of sp³-hybridized carbons (Fsp3) is 0.167. The molecule has 0 radical (unpaired) electrons. The van der Waals surface area contributed by atoms with Gasteiger partial charge in [0.05, 0.1) is 5.69 Å². The lowest BCUT2D eigenvalue weighted by Crippen LogP contribution is -2.02. The normalized spacial score (nSPS) is 10.5. The summed E-state index contributed by atoms with van der Waals surface area (Å²) in [6, 6.07) is 7.93. The molecule has 0 saturated heterocycles. The van der Waals surface area contributed by atoms with Crippen molar-refractivity contribution in [2.24, 2.45) is 0 Å². The molecular weight excluding hydrogens is 221 g/mol. The molecule has 1 aromatic carbocycles. The molecule has 0 aliphatic carbocycles. The van der Waals surface area contributed by atoms with Crippen LogP contribution < -0.4 is 5.73 Å². The largest absolute Gasteiger partial charge is 0.384 e. The molecule has 0 amide bonds. The lowest BCUT2D eigenvalue weighted by atomic mass is 10.1. The second-order valence-electron chi connectivity index (χ2n) is 3.51. The highest BCUT2D eigenvalue weighted by Crippen LogP contribution is 2.21. The molecule has 0 saturated carbocycles. The molecule has 0 atom stereocenters. The molecular formula is C12H12FN3O. The fourth-order valence-electron chi connectivity index (χ4n) is 1.52. The Balaban J connectivity index is 2.48. The van der Waals surface area contributed by atoms with Crippen LogP contribution in [0.1, 0.15) is 5.82 Å². The van der Waals surface area contributed by atoms with Gasteiger partial charge in [0.2, 0.25) is 0 Å². The van der Waals surface area contributed by atoms with Crippen LogP contribution in [-0.4, -0.2) is 17.1 Å². The van der Waals surface area contributed by atoms with Crippen molar-refractivity contribution in [3.63, 3.8) is 0 Å². The van der Waals surface area contributed by atoms with Crippen LogP contribution in [0.2, 0.25) is 0 Å². The predicted octanol–water partition coefficient (Wildman–Crippen LogP) is 2.01. The lowest BCUT2D eigenvalue weighted by molar-refractivity contribution is 0.178. The maximum atomic E-state index is 13.6. The van der Waals surface area contributed by atoms with Gasteiger partial charge >= 0.3 is 0 Å². The number of benzene rings is 1. The van der Waals surface area contributed by atoms with E-state index in [4.69, 9.17) is 10.5 Å². The van der Waals surface area contributed by atoms with Gasteiger partial charge in [-0.3, -0.25) is 0 Å². The number of hydrogen-bond donors (Lipinski definition) is 1. The van der Waals surface area contributed by atoms with E-state index in [1.54, 1.807) is 18.2 Å². The van der Waals surface area contributed by atoms with Crippen molar-refractivity contribution >= 4 is 5.82 Å². The first-order valence-corrected chi connectivity index (χ1v) is 5.08. The molecule has 1 heterocycles. The molecule has 0 bridgehead atoms. The van der Waals surface area contributed by atoms with Gasteiger partial charge < -0.3 is 10.5 Å². The summed E-state index contributed by atoms with van der Waals surface area (Å²) in [6.45, 7) is 0.243. The Labute approximate surface area is 98.3 Å². The van der Waals surface area contributed by atoms with Gasteiger partial charge in [0.15, 0.2) is 5.82 Å². The highest BCUT2D eigenvalue weighted by Gasteiger charge is 2.08. The Morgan fingerprint density at radius 2 is 2.06 bits per heavy atom. The van der Waals surface area contributed by atoms with Crippen molar-refractivity contribution < 1.29 is 9.13 Å². The minimum atomic E-state index is -0.339. The van der Waals surface area contributed by atoms with Crippen LogP contribution in [0.15, 0.2) is 30.3 Å². The number of halogens is 1. The maximum Gasteiger partial charge on any atom is 0.157 e. The average molecular weight is 233 g/mol. The molecule has 1 aromatic heterocycles. The first-order chi connectivity index (χ1) is 8.20. The van der Waals surface area contributed by atoms with E-state index >= 15 is 0 Å². The molecule has 2 N–H and O–H groups in total. The predicted molar refractivity (Wildman–Crippen MR) is 62.6 cm³/mol. The van der Waals surface area contributed by atoms with E-state index in [0.717, 1.165) is 0 Å². The van der Waals surface area contributed by atoms with Crippen molar-refractivity contribution in [2.75, 3.05) is 12.8 Å². The Kier molecular flexibility index (Phi) is 3.30. The van der Waals surface area contributed by atoms with Gasteiger partial charge in [-0.25, -0.2) is 14.4 Å². The van der Waals surface area contributed by atoms with Gasteiger partial charge in [-0.1, -0.05) is 12.1 Å². The maximum absolute atomic E-state index is 13.6. The van der Waals surface area contributed by atoms with Crippen molar-refractivity contribution in [3.05, 3.63) is 42.0 Å². The fourth-order valence-corrected chi connectivity index (χ4v) is 1.52. The topological polar surface area (TPSA) is 61.0 Å². The van der Waals surface area contributed by atoms with Gasteiger partial charge in [-0.2, -0.15) is 0 Å². The summed E-state index contributed by atoms with van der Waals surface area (Å²) in [7, 11) is 1.54. The van der Waals surface area contributed by atoms with Gasteiger partial charge in [0.25, 0.3) is 0 Å². The summed E-state index contributed by atoms with van der Waals surface area (Å²) in [6.07, 6.45) is 0. The van der Waals surface area contributed by atoms with Gasteiger partial charge in [0.1, 0.15) is 18.2 Å². The third-order valence-corrected chi connectivity index (χ3v) is 2.22. The van der Waals surface area contributed by atoms with Gasteiger partial charge in [-0.05, 0) is 12.1 Å². The zero-order chi connectivity index (χ0) is 12.3. The summed E-state index contributed by atoms with van der Waals surface area (Å²) in [5.74, 6) is 0.394. The number of methoxy groups -OCH3 is 1. The van der Waals surface area contributed by atoms with Crippen LogP contribution in [0.4, 0.5) is 10.2 Å². The minimum absolute atomic E-state index is 0.243. The summed E-state index contributed by atoms with van der Waals surface area (Å²) in [5.41, 5.74) is 6.51. The number of hydrogen-bond acceptors (Lipinski definition) is 4. The number of ether oxygens (including phenoxy) is 1. The third-order valence-electron chi connectivity index (χ3n) is 2.22. The second kappa shape index (κ2) is 4.88. The quantitative estimate of drug-likeness (QED) is 0.880. The first kappa shape index (κ1) is 11.5. The molecule has 0 spiro atoms. The summed E-state index contributed by atoms with van der Waals surface area (Å²) in [5, 5.41) is 0. The average Bonchev–Trinajstić information content (AvgIpc) is 2.29. The Bertz CT molecular complexity index is 531. The molecule has 0 fully saturated rings. The van der Waals surface area contributed by atoms with E-state index in [1.165, 1.54) is 19.2 Å². The Morgan fingerprint density at radius 1 is 1.29 bits per heavy atom. The first-order valence-electron chi connectivity index (χ1n) is 5.08. The van der Waals surface area contributed by atoms with Crippen LogP contribution in [0.3, 0.4) is 0 Å². The zero-order valence-corrected chi connectivity index (χ0v) is 9.35. The van der Waals surface area contributed by atoms with E-state index in [-0.39, 0.29) is 12.4 Å². The molecule has 2 aromatic rings. The van der Waals surface area contributed by atoms with Gasteiger partial charge in [0, 0.05) is 18.7 Å². The summed E-state index contributed by atoms with van der Waals surface area (Å²) in [4.78, 5) is 8.20. The number of rotatable bonds is 3. The highest BCUT2D eigenvalue weighted by molar-refractivity contribution is 5.62. The summed E-state index contributed by atoms with van der Waals surface area (Å²) < 4.78 is 18.5. The minimum Gasteiger partial charge on any atom is -0.384 e. The molecule has 5 heteroatoms. The van der Waals surface area contributed by atoms with E-state index < -0.39 is 0 Å². The van der Waals surface area contributed by atoms with Crippen LogP contribution >= 0.6 is 0 Å².